The molecule has 0 unspecified atom stereocenters. The van der Waals surface area contributed by atoms with Gasteiger partial charge in [-0.2, -0.15) is 0 Å². The van der Waals surface area contributed by atoms with E-state index in [1.807, 2.05) is 13.8 Å². The van der Waals surface area contributed by atoms with Crippen LogP contribution in [0.25, 0.3) is 0 Å². The highest BCUT2D eigenvalue weighted by molar-refractivity contribution is 6.00. The molecule has 1 heterocycles. The minimum atomic E-state index is -0.590. The van der Waals surface area contributed by atoms with Crippen LogP contribution in [0.2, 0.25) is 0 Å². The quantitative estimate of drug-likeness (QED) is 0.920. The Morgan fingerprint density at radius 2 is 2.19 bits per heavy atom. The van der Waals surface area contributed by atoms with Crippen LogP contribution in [-0.4, -0.2) is 39.2 Å². The summed E-state index contributed by atoms with van der Waals surface area (Å²) in [5, 5.41) is 2.71. The Bertz CT molecular complexity index is 569. The number of hydrogen-bond donors (Lipinski definition) is 1. The van der Waals surface area contributed by atoms with Crippen molar-refractivity contribution in [3.05, 3.63) is 18.2 Å². The molecule has 1 aromatic carbocycles. The van der Waals surface area contributed by atoms with Gasteiger partial charge in [-0.15, -0.1) is 0 Å². The van der Waals surface area contributed by atoms with Gasteiger partial charge in [0.05, 0.1) is 11.1 Å². The Morgan fingerprint density at radius 3 is 2.86 bits per heavy atom. The SMILES string of the molecule is COCC(=O)Nc1ccc2c(c1)N(C)C(=O)C(C)(C)CO2. The summed E-state index contributed by atoms with van der Waals surface area (Å²) < 4.78 is 10.5. The van der Waals surface area contributed by atoms with E-state index in [2.05, 4.69) is 5.32 Å². The van der Waals surface area contributed by atoms with Crippen molar-refractivity contribution < 1.29 is 19.1 Å². The smallest absolute Gasteiger partial charge is 0.250 e. The van der Waals surface area contributed by atoms with Crippen LogP contribution in [0.1, 0.15) is 13.8 Å². The largest absolute Gasteiger partial charge is 0.490 e. The molecule has 0 saturated carbocycles. The number of methoxy groups -OCH3 is 1. The zero-order chi connectivity index (χ0) is 15.6. The van der Waals surface area contributed by atoms with Crippen LogP contribution in [-0.2, 0) is 14.3 Å². The van der Waals surface area contributed by atoms with Gasteiger partial charge in [-0.1, -0.05) is 0 Å². The van der Waals surface area contributed by atoms with E-state index in [0.717, 1.165) is 0 Å². The third-order valence-electron chi connectivity index (χ3n) is 3.35. The number of carbonyl (C=O) groups is 2. The van der Waals surface area contributed by atoms with E-state index >= 15 is 0 Å². The average Bonchev–Trinajstić information content (AvgIpc) is 2.51. The van der Waals surface area contributed by atoms with E-state index in [1.165, 1.54) is 7.11 Å². The molecule has 114 valence electrons. The van der Waals surface area contributed by atoms with Gasteiger partial charge in [0.2, 0.25) is 11.8 Å². The first kappa shape index (κ1) is 15.3. The molecule has 1 aromatic rings. The molecule has 6 heteroatoms. The number of ether oxygens (including phenoxy) is 2. The Hall–Kier alpha value is -2.08. The number of fused-ring (bicyclic) bond motifs is 1. The second kappa shape index (κ2) is 5.73. The van der Waals surface area contributed by atoms with Crippen molar-refractivity contribution in [1.29, 1.82) is 0 Å². The fourth-order valence-electron chi connectivity index (χ4n) is 2.19. The summed E-state index contributed by atoms with van der Waals surface area (Å²) in [5.41, 5.74) is 0.646. The first-order chi connectivity index (χ1) is 9.85. The van der Waals surface area contributed by atoms with E-state index in [1.54, 1.807) is 30.1 Å². The molecule has 0 aliphatic carbocycles. The molecule has 1 aliphatic heterocycles. The lowest BCUT2D eigenvalue weighted by atomic mass is 9.93. The maximum atomic E-state index is 12.4. The summed E-state index contributed by atoms with van der Waals surface area (Å²) in [6.45, 7) is 3.99. The average molecular weight is 292 g/mol. The molecule has 0 saturated heterocycles. The zero-order valence-electron chi connectivity index (χ0n) is 12.7. The molecular formula is C15H20N2O4. The molecule has 0 atom stereocenters. The highest BCUT2D eigenvalue weighted by Gasteiger charge is 2.36. The van der Waals surface area contributed by atoms with E-state index < -0.39 is 5.41 Å². The van der Waals surface area contributed by atoms with Crippen LogP contribution in [0.3, 0.4) is 0 Å². The molecule has 2 rings (SSSR count). The lowest BCUT2D eigenvalue weighted by molar-refractivity contribution is -0.127. The van der Waals surface area contributed by atoms with Gasteiger partial charge >= 0.3 is 0 Å². The summed E-state index contributed by atoms with van der Waals surface area (Å²) in [6.07, 6.45) is 0. The van der Waals surface area contributed by atoms with E-state index in [0.29, 0.717) is 23.7 Å². The molecule has 0 spiro atoms. The van der Waals surface area contributed by atoms with Gasteiger partial charge in [0.25, 0.3) is 0 Å². The predicted octanol–water partition coefficient (Wildman–Crippen LogP) is 1.65. The van der Waals surface area contributed by atoms with Crippen LogP contribution in [0.15, 0.2) is 18.2 Å². The fraction of sp³-hybridized carbons (Fsp3) is 0.467. The molecule has 2 amide bonds. The normalized spacial score (nSPS) is 16.8. The summed E-state index contributed by atoms with van der Waals surface area (Å²) in [6, 6.07) is 5.22. The Morgan fingerprint density at radius 1 is 1.48 bits per heavy atom. The number of benzene rings is 1. The van der Waals surface area contributed by atoms with Crippen LogP contribution in [0, 0.1) is 5.41 Å². The van der Waals surface area contributed by atoms with Crippen LogP contribution in [0.5, 0.6) is 5.75 Å². The number of carbonyl (C=O) groups excluding carboxylic acids is 2. The van der Waals surface area contributed by atoms with Crippen molar-refractivity contribution in [2.75, 3.05) is 37.6 Å². The van der Waals surface area contributed by atoms with Crippen molar-refractivity contribution in [1.82, 2.24) is 0 Å². The number of amides is 2. The third-order valence-corrected chi connectivity index (χ3v) is 3.35. The Labute approximate surface area is 124 Å². The summed E-state index contributed by atoms with van der Waals surface area (Å²) in [4.78, 5) is 25.5. The van der Waals surface area contributed by atoms with E-state index in [-0.39, 0.29) is 18.4 Å². The molecule has 0 bridgehead atoms. The molecule has 1 N–H and O–H groups in total. The van der Waals surface area contributed by atoms with E-state index in [9.17, 15) is 9.59 Å². The minimum absolute atomic E-state index is 0.0185. The number of hydrogen-bond acceptors (Lipinski definition) is 4. The standard InChI is InChI=1S/C15H20N2O4/c1-15(2)9-21-12-6-5-10(16-13(18)8-20-4)7-11(12)17(3)14(15)19/h5-7H,8-9H2,1-4H3,(H,16,18). The molecule has 0 aromatic heterocycles. The van der Waals surface area contributed by atoms with Gasteiger partial charge in [0.1, 0.15) is 19.0 Å². The van der Waals surface area contributed by atoms with Crippen molar-refractivity contribution in [2.45, 2.75) is 13.8 Å². The Balaban J connectivity index is 2.30. The molecular weight excluding hydrogens is 272 g/mol. The number of anilines is 2. The summed E-state index contributed by atoms with van der Waals surface area (Å²) in [5.74, 6) is 0.351. The fourth-order valence-corrected chi connectivity index (χ4v) is 2.19. The summed E-state index contributed by atoms with van der Waals surface area (Å²) >= 11 is 0. The zero-order valence-corrected chi connectivity index (χ0v) is 12.7. The van der Waals surface area contributed by atoms with Crippen molar-refractivity contribution >= 4 is 23.2 Å². The molecule has 21 heavy (non-hydrogen) atoms. The highest BCUT2D eigenvalue weighted by Crippen LogP contribution is 2.37. The van der Waals surface area contributed by atoms with Crippen molar-refractivity contribution in [3.63, 3.8) is 0 Å². The van der Waals surface area contributed by atoms with Gasteiger partial charge in [-0.25, -0.2) is 0 Å². The van der Waals surface area contributed by atoms with Gasteiger partial charge in [0, 0.05) is 19.8 Å². The van der Waals surface area contributed by atoms with Crippen molar-refractivity contribution in [3.8, 4) is 5.75 Å². The van der Waals surface area contributed by atoms with E-state index in [4.69, 9.17) is 9.47 Å². The van der Waals surface area contributed by atoms with Gasteiger partial charge in [0.15, 0.2) is 0 Å². The number of rotatable bonds is 3. The lowest BCUT2D eigenvalue weighted by Gasteiger charge is -2.24. The highest BCUT2D eigenvalue weighted by atomic mass is 16.5. The number of nitrogens with one attached hydrogen (secondary N) is 1. The number of nitrogens with zero attached hydrogens (tertiary/aromatic N) is 1. The third kappa shape index (κ3) is 3.16. The van der Waals surface area contributed by atoms with Crippen LogP contribution < -0.4 is 15.0 Å². The molecule has 0 fully saturated rings. The maximum absolute atomic E-state index is 12.4. The summed E-state index contributed by atoms with van der Waals surface area (Å²) in [7, 11) is 3.16. The predicted molar refractivity (Wildman–Crippen MR) is 79.6 cm³/mol. The van der Waals surface area contributed by atoms with Crippen molar-refractivity contribution in [2.24, 2.45) is 5.41 Å². The van der Waals surface area contributed by atoms with Gasteiger partial charge in [-0.05, 0) is 32.0 Å². The van der Waals surface area contributed by atoms with Crippen LogP contribution >= 0.6 is 0 Å². The van der Waals surface area contributed by atoms with Gasteiger partial charge in [-0.3, -0.25) is 9.59 Å². The Kier molecular flexibility index (Phi) is 4.18. The maximum Gasteiger partial charge on any atom is 0.250 e. The topological polar surface area (TPSA) is 67.9 Å². The molecule has 0 radical (unpaired) electrons. The minimum Gasteiger partial charge on any atom is -0.490 e. The first-order valence-corrected chi connectivity index (χ1v) is 6.69. The first-order valence-electron chi connectivity index (χ1n) is 6.69. The van der Waals surface area contributed by atoms with Crippen LogP contribution in [0.4, 0.5) is 11.4 Å². The lowest BCUT2D eigenvalue weighted by Crippen LogP contribution is -2.39. The van der Waals surface area contributed by atoms with Gasteiger partial charge < -0.3 is 19.7 Å². The molecule has 6 nitrogen and oxygen atoms in total. The second-order valence-corrected chi connectivity index (χ2v) is 5.70. The second-order valence-electron chi connectivity index (χ2n) is 5.70. The molecule has 1 aliphatic rings. The monoisotopic (exact) mass is 292 g/mol.